The number of nitrogens with zero attached hydrogens (tertiary/aromatic N) is 2. The Labute approximate surface area is 131 Å². The van der Waals surface area contributed by atoms with Gasteiger partial charge in [-0.25, -0.2) is 4.98 Å². The van der Waals surface area contributed by atoms with Crippen molar-refractivity contribution in [3.8, 4) is 5.75 Å². The molecule has 2 unspecified atom stereocenters. The number of ether oxygens (including phenoxy) is 2. The first-order valence-corrected chi connectivity index (χ1v) is 7.80. The van der Waals surface area contributed by atoms with Gasteiger partial charge in [0, 0.05) is 19.8 Å². The number of imidazole rings is 1. The van der Waals surface area contributed by atoms with E-state index in [9.17, 15) is 0 Å². The molecular formula is C16H23ClN2O2. The number of rotatable bonds is 7. The molecule has 1 aromatic carbocycles. The first-order valence-electron chi connectivity index (χ1n) is 7.36. The molecule has 0 saturated heterocycles. The molecule has 116 valence electrons. The fraction of sp³-hybridized carbons (Fsp3) is 0.562. The molecule has 0 fully saturated rings. The monoisotopic (exact) mass is 310 g/mol. The summed E-state index contributed by atoms with van der Waals surface area (Å²) in [6, 6.07) is 6.28. The van der Waals surface area contributed by atoms with E-state index in [1.54, 1.807) is 7.11 Å². The van der Waals surface area contributed by atoms with E-state index in [2.05, 4.69) is 17.6 Å². The molecule has 5 heteroatoms. The summed E-state index contributed by atoms with van der Waals surface area (Å²) in [5.74, 6) is 1.69. The summed E-state index contributed by atoms with van der Waals surface area (Å²) in [5.41, 5.74) is 1.94. The smallest absolute Gasteiger partial charge is 0.147 e. The zero-order valence-electron chi connectivity index (χ0n) is 13.1. The molecule has 0 aliphatic rings. The Balaban J connectivity index is 2.55. The van der Waals surface area contributed by atoms with Gasteiger partial charge in [-0.2, -0.15) is 0 Å². The van der Waals surface area contributed by atoms with Gasteiger partial charge >= 0.3 is 0 Å². The van der Waals surface area contributed by atoms with Gasteiger partial charge in [0.15, 0.2) is 0 Å². The number of halogens is 1. The van der Waals surface area contributed by atoms with Gasteiger partial charge in [0.1, 0.15) is 17.1 Å². The molecule has 0 aliphatic heterocycles. The molecule has 1 heterocycles. The maximum atomic E-state index is 6.33. The summed E-state index contributed by atoms with van der Waals surface area (Å²) >= 11 is 6.33. The van der Waals surface area contributed by atoms with Crippen LogP contribution < -0.4 is 4.74 Å². The van der Waals surface area contributed by atoms with Crippen molar-refractivity contribution in [3.63, 3.8) is 0 Å². The fourth-order valence-electron chi connectivity index (χ4n) is 2.54. The molecule has 0 amide bonds. The van der Waals surface area contributed by atoms with Crippen molar-refractivity contribution in [1.82, 2.24) is 9.55 Å². The predicted molar refractivity (Wildman–Crippen MR) is 86.4 cm³/mol. The summed E-state index contributed by atoms with van der Waals surface area (Å²) in [6.45, 7) is 7.42. The third kappa shape index (κ3) is 3.33. The molecule has 0 aliphatic carbocycles. The van der Waals surface area contributed by atoms with Crippen LogP contribution in [0, 0.1) is 0 Å². The number of aromatic nitrogens is 2. The molecule has 0 N–H and O–H groups in total. The van der Waals surface area contributed by atoms with E-state index in [0.29, 0.717) is 13.2 Å². The number of para-hydroxylation sites is 1. The van der Waals surface area contributed by atoms with Crippen LogP contribution in [-0.2, 0) is 4.74 Å². The highest BCUT2D eigenvalue weighted by atomic mass is 35.5. The standard InChI is InChI=1S/C16H23ClN2O2/c1-5-21-14-8-6-7-13-15(14)18-16(12(3)17)19(13)11(2)9-10-20-4/h6-8,11-12H,5,9-10H2,1-4H3. The molecule has 0 spiro atoms. The normalized spacial score (nSPS) is 14.3. The van der Waals surface area contributed by atoms with Gasteiger partial charge < -0.3 is 14.0 Å². The van der Waals surface area contributed by atoms with Crippen molar-refractivity contribution in [2.24, 2.45) is 0 Å². The summed E-state index contributed by atoms with van der Waals surface area (Å²) in [4.78, 5) is 4.73. The number of fused-ring (bicyclic) bond motifs is 1. The largest absolute Gasteiger partial charge is 0.492 e. The lowest BCUT2D eigenvalue weighted by atomic mass is 10.2. The van der Waals surface area contributed by atoms with Crippen LogP contribution in [0.3, 0.4) is 0 Å². The number of methoxy groups -OCH3 is 1. The van der Waals surface area contributed by atoms with E-state index in [0.717, 1.165) is 29.0 Å². The predicted octanol–water partition coefficient (Wildman–Crippen LogP) is 4.33. The Morgan fingerprint density at radius 3 is 2.71 bits per heavy atom. The average molecular weight is 311 g/mol. The lowest BCUT2D eigenvalue weighted by Gasteiger charge is -2.18. The summed E-state index contributed by atoms with van der Waals surface area (Å²) in [6.07, 6.45) is 0.914. The lowest BCUT2D eigenvalue weighted by molar-refractivity contribution is 0.181. The molecule has 2 aromatic rings. The third-order valence-corrected chi connectivity index (χ3v) is 3.74. The topological polar surface area (TPSA) is 36.3 Å². The van der Waals surface area contributed by atoms with Crippen molar-refractivity contribution >= 4 is 22.6 Å². The van der Waals surface area contributed by atoms with E-state index in [4.69, 9.17) is 26.1 Å². The van der Waals surface area contributed by atoms with Gasteiger partial charge in [-0.05, 0) is 39.3 Å². The Kier molecular flexibility index (Phi) is 5.48. The lowest BCUT2D eigenvalue weighted by Crippen LogP contribution is -2.11. The average Bonchev–Trinajstić information content (AvgIpc) is 2.86. The molecule has 1 aromatic heterocycles. The Hall–Kier alpha value is -1.26. The molecule has 2 rings (SSSR count). The van der Waals surface area contributed by atoms with E-state index in [1.165, 1.54) is 0 Å². The minimum absolute atomic E-state index is 0.156. The third-order valence-electron chi connectivity index (χ3n) is 3.55. The molecule has 0 bridgehead atoms. The van der Waals surface area contributed by atoms with Gasteiger partial charge in [-0.15, -0.1) is 11.6 Å². The van der Waals surface area contributed by atoms with Gasteiger partial charge in [0.05, 0.1) is 17.5 Å². The first-order chi connectivity index (χ1) is 10.1. The quantitative estimate of drug-likeness (QED) is 0.714. The number of benzene rings is 1. The Morgan fingerprint density at radius 2 is 2.10 bits per heavy atom. The van der Waals surface area contributed by atoms with Gasteiger partial charge in [0.2, 0.25) is 0 Å². The van der Waals surface area contributed by atoms with Crippen LogP contribution in [0.2, 0.25) is 0 Å². The van der Waals surface area contributed by atoms with Crippen LogP contribution in [-0.4, -0.2) is 29.9 Å². The number of alkyl halides is 1. The summed E-state index contributed by atoms with van der Waals surface area (Å²) in [5, 5.41) is -0.156. The SMILES string of the molecule is CCOc1cccc2c1nc(C(C)Cl)n2C(C)CCOC. The highest BCUT2D eigenvalue weighted by Gasteiger charge is 2.20. The van der Waals surface area contributed by atoms with E-state index in [1.807, 2.05) is 26.0 Å². The minimum atomic E-state index is -0.156. The molecular weight excluding hydrogens is 288 g/mol. The van der Waals surface area contributed by atoms with Crippen LogP contribution in [0.15, 0.2) is 18.2 Å². The van der Waals surface area contributed by atoms with Crippen molar-refractivity contribution in [3.05, 3.63) is 24.0 Å². The maximum absolute atomic E-state index is 6.33. The van der Waals surface area contributed by atoms with Crippen molar-refractivity contribution in [1.29, 1.82) is 0 Å². The van der Waals surface area contributed by atoms with Crippen LogP contribution in [0.1, 0.15) is 44.4 Å². The minimum Gasteiger partial charge on any atom is -0.492 e. The van der Waals surface area contributed by atoms with Crippen molar-refractivity contribution in [2.75, 3.05) is 20.3 Å². The van der Waals surface area contributed by atoms with Gasteiger partial charge in [-0.1, -0.05) is 6.07 Å². The van der Waals surface area contributed by atoms with Crippen LogP contribution >= 0.6 is 11.6 Å². The second-order valence-electron chi connectivity index (χ2n) is 5.14. The number of hydrogen-bond acceptors (Lipinski definition) is 3. The van der Waals surface area contributed by atoms with Crippen LogP contribution in [0.5, 0.6) is 5.75 Å². The molecule has 2 atom stereocenters. The highest BCUT2D eigenvalue weighted by molar-refractivity contribution is 6.20. The second kappa shape index (κ2) is 7.14. The maximum Gasteiger partial charge on any atom is 0.147 e. The second-order valence-corrected chi connectivity index (χ2v) is 5.80. The highest BCUT2D eigenvalue weighted by Crippen LogP contribution is 2.33. The van der Waals surface area contributed by atoms with Crippen LogP contribution in [0.25, 0.3) is 11.0 Å². The molecule has 21 heavy (non-hydrogen) atoms. The molecule has 0 saturated carbocycles. The summed E-state index contributed by atoms with van der Waals surface area (Å²) in [7, 11) is 1.72. The van der Waals surface area contributed by atoms with Crippen LogP contribution in [0.4, 0.5) is 0 Å². The van der Waals surface area contributed by atoms with Crippen molar-refractivity contribution in [2.45, 2.75) is 38.6 Å². The first kappa shape index (κ1) is 16.1. The van der Waals surface area contributed by atoms with Gasteiger partial charge in [0.25, 0.3) is 0 Å². The Morgan fingerprint density at radius 1 is 1.33 bits per heavy atom. The Bertz CT molecular complexity index is 595. The fourth-order valence-corrected chi connectivity index (χ4v) is 2.70. The molecule has 4 nitrogen and oxygen atoms in total. The zero-order valence-corrected chi connectivity index (χ0v) is 13.9. The molecule has 0 radical (unpaired) electrons. The van der Waals surface area contributed by atoms with E-state index >= 15 is 0 Å². The van der Waals surface area contributed by atoms with Crippen molar-refractivity contribution < 1.29 is 9.47 Å². The van der Waals surface area contributed by atoms with E-state index < -0.39 is 0 Å². The van der Waals surface area contributed by atoms with Gasteiger partial charge in [-0.3, -0.25) is 0 Å². The zero-order chi connectivity index (χ0) is 15.4. The number of hydrogen-bond donors (Lipinski definition) is 0. The van der Waals surface area contributed by atoms with E-state index in [-0.39, 0.29) is 11.4 Å². The summed E-state index contributed by atoms with van der Waals surface area (Å²) < 4.78 is 13.1.